The smallest absolute Gasteiger partial charge is 0.275 e. The van der Waals surface area contributed by atoms with E-state index in [1.54, 1.807) is 6.20 Å². The lowest BCUT2D eigenvalue weighted by atomic mass is 10.1. The van der Waals surface area contributed by atoms with Crippen LogP contribution in [0.15, 0.2) is 36.7 Å². The van der Waals surface area contributed by atoms with Crippen molar-refractivity contribution in [2.45, 2.75) is 27.2 Å². The Kier molecular flexibility index (Phi) is 5.47. The molecule has 5 nitrogen and oxygen atoms in total. The van der Waals surface area contributed by atoms with Crippen molar-refractivity contribution in [3.8, 4) is 0 Å². The first-order valence-electron chi connectivity index (χ1n) is 7.54. The van der Waals surface area contributed by atoms with Crippen molar-refractivity contribution in [3.05, 3.63) is 47.9 Å². The molecule has 0 aliphatic heterocycles. The molecule has 2 rings (SSSR count). The van der Waals surface area contributed by atoms with Crippen LogP contribution >= 0.6 is 0 Å². The quantitative estimate of drug-likeness (QED) is 0.858. The first-order valence-corrected chi connectivity index (χ1v) is 7.54. The van der Waals surface area contributed by atoms with Gasteiger partial charge in [-0.3, -0.25) is 4.79 Å². The number of carbonyl (C=O) groups excluding carboxylic acids is 1. The highest BCUT2D eigenvalue weighted by molar-refractivity contribution is 6.02. The molecule has 0 unspecified atom stereocenters. The zero-order valence-electron chi connectivity index (χ0n) is 13.3. The molecule has 0 atom stereocenters. The van der Waals surface area contributed by atoms with Gasteiger partial charge in [0.25, 0.3) is 5.91 Å². The molecule has 1 aromatic heterocycles. The molecule has 0 aliphatic rings. The highest BCUT2D eigenvalue weighted by Gasteiger charge is 2.08. The summed E-state index contributed by atoms with van der Waals surface area (Å²) in [6.45, 7) is 7.15. The molecule has 0 spiro atoms. The molecule has 2 N–H and O–H groups in total. The molecule has 0 bridgehead atoms. The summed E-state index contributed by atoms with van der Waals surface area (Å²) in [6.07, 6.45) is 4.04. The Morgan fingerprint density at radius 3 is 2.41 bits per heavy atom. The van der Waals surface area contributed by atoms with Gasteiger partial charge >= 0.3 is 0 Å². The van der Waals surface area contributed by atoms with Crippen LogP contribution in [0.5, 0.6) is 0 Å². The summed E-state index contributed by atoms with van der Waals surface area (Å²) >= 11 is 0. The maximum atomic E-state index is 12.1. The Morgan fingerprint density at radius 1 is 1.14 bits per heavy atom. The Labute approximate surface area is 131 Å². The molecule has 2 aromatic rings. The molecular formula is C17H22N4O. The SMILES string of the molecule is CCc1ccc(NC(=O)c2cnc(NCC(C)C)cn2)cc1. The van der Waals surface area contributed by atoms with Gasteiger partial charge in [0.05, 0.1) is 12.4 Å². The van der Waals surface area contributed by atoms with E-state index in [4.69, 9.17) is 0 Å². The van der Waals surface area contributed by atoms with E-state index in [-0.39, 0.29) is 5.91 Å². The fourth-order valence-corrected chi connectivity index (χ4v) is 1.86. The average molecular weight is 298 g/mol. The standard InChI is InChI=1S/C17H22N4O/c1-4-13-5-7-14(8-6-13)21-17(22)15-10-20-16(11-18-15)19-9-12(2)3/h5-8,10-12H,4,9H2,1-3H3,(H,19,20)(H,21,22). The van der Waals surface area contributed by atoms with E-state index >= 15 is 0 Å². The summed E-state index contributed by atoms with van der Waals surface area (Å²) < 4.78 is 0. The second-order valence-corrected chi connectivity index (χ2v) is 5.57. The number of nitrogens with zero attached hydrogens (tertiary/aromatic N) is 2. The number of aromatic nitrogens is 2. The van der Waals surface area contributed by atoms with Crippen molar-refractivity contribution in [2.75, 3.05) is 17.2 Å². The molecule has 0 aliphatic carbocycles. The van der Waals surface area contributed by atoms with E-state index < -0.39 is 0 Å². The van der Waals surface area contributed by atoms with Crippen LogP contribution in [-0.4, -0.2) is 22.4 Å². The zero-order valence-corrected chi connectivity index (χ0v) is 13.3. The minimum Gasteiger partial charge on any atom is -0.369 e. The van der Waals surface area contributed by atoms with E-state index in [1.807, 2.05) is 24.3 Å². The number of amides is 1. The van der Waals surface area contributed by atoms with Crippen LogP contribution in [0.4, 0.5) is 11.5 Å². The number of aryl methyl sites for hydroxylation is 1. The molecular weight excluding hydrogens is 276 g/mol. The van der Waals surface area contributed by atoms with Crippen LogP contribution < -0.4 is 10.6 Å². The van der Waals surface area contributed by atoms with Crippen LogP contribution in [0.1, 0.15) is 36.8 Å². The molecule has 0 saturated carbocycles. The third-order valence-corrected chi connectivity index (χ3v) is 3.20. The summed E-state index contributed by atoms with van der Waals surface area (Å²) in [4.78, 5) is 20.5. The van der Waals surface area contributed by atoms with E-state index in [0.717, 1.165) is 18.7 Å². The third-order valence-electron chi connectivity index (χ3n) is 3.20. The summed E-state index contributed by atoms with van der Waals surface area (Å²) in [5, 5.41) is 5.98. The van der Waals surface area contributed by atoms with Crippen LogP contribution in [0.25, 0.3) is 0 Å². The predicted octanol–water partition coefficient (Wildman–Crippen LogP) is 3.36. The average Bonchev–Trinajstić information content (AvgIpc) is 2.54. The van der Waals surface area contributed by atoms with Crippen molar-refractivity contribution in [1.29, 1.82) is 0 Å². The van der Waals surface area contributed by atoms with E-state index in [9.17, 15) is 4.79 Å². The summed E-state index contributed by atoms with van der Waals surface area (Å²) in [5.74, 6) is 0.945. The van der Waals surface area contributed by atoms with Gasteiger partial charge in [-0.25, -0.2) is 9.97 Å². The first-order chi connectivity index (χ1) is 10.6. The Balaban J connectivity index is 1.96. The Bertz CT molecular complexity index is 606. The topological polar surface area (TPSA) is 66.9 Å². The maximum Gasteiger partial charge on any atom is 0.275 e. The van der Waals surface area contributed by atoms with Gasteiger partial charge in [-0.15, -0.1) is 0 Å². The number of hydrogen-bond acceptors (Lipinski definition) is 4. The predicted molar refractivity (Wildman–Crippen MR) is 89.1 cm³/mol. The molecule has 1 amide bonds. The zero-order chi connectivity index (χ0) is 15.9. The number of benzene rings is 1. The molecule has 116 valence electrons. The molecule has 1 aromatic carbocycles. The monoisotopic (exact) mass is 298 g/mol. The van der Waals surface area contributed by atoms with Gasteiger partial charge in [0.15, 0.2) is 0 Å². The molecule has 5 heteroatoms. The van der Waals surface area contributed by atoms with Gasteiger partial charge in [0.1, 0.15) is 11.5 Å². The van der Waals surface area contributed by atoms with Crippen molar-refractivity contribution in [2.24, 2.45) is 5.92 Å². The number of rotatable bonds is 6. The van der Waals surface area contributed by atoms with Crippen LogP contribution in [-0.2, 0) is 6.42 Å². The van der Waals surface area contributed by atoms with Gasteiger partial charge < -0.3 is 10.6 Å². The van der Waals surface area contributed by atoms with Gasteiger partial charge in [-0.2, -0.15) is 0 Å². The summed E-state index contributed by atoms with van der Waals surface area (Å²) in [5.41, 5.74) is 2.29. The van der Waals surface area contributed by atoms with Crippen molar-refractivity contribution in [3.63, 3.8) is 0 Å². The van der Waals surface area contributed by atoms with E-state index in [0.29, 0.717) is 17.4 Å². The number of hydrogen-bond donors (Lipinski definition) is 2. The maximum absolute atomic E-state index is 12.1. The molecule has 0 saturated heterocycles. The van der Waals surface area contributed by atoms with Crippen LogP contribution in [0.3, 0.4) is 0 Å². The van der Waals surface area contributed by atoms with Crippen molar-refractivity contribution < 1.29 is 4.79 Å². The highest BCUT2D eigenvalue weighted by Crippen LogP contribution is 2.11. The Hall–Kier alpha value is -2.43. The number of nitrogens with one attached hydrogen (secondary N) is 2. The van der Waals surface area contributed by atoms with Gasteiger partial charge in [-0.1, -0.05) is 32.9 Å². The van der Waals surface area contributed by atoms with Gasteiger partial charge in [-0.05, 0) is 30.0 Å². The molecule has 0 fully saturated rings. The van der Waals surface area contributed by atoms with Crippen LogP contribution in [0, 0.1) is 5.92 Å². The van der Waals surface area contributed by atoms with E-state index in [1.165, 1.54) is 11.8 Å². The van der Waals surface area contributed by atoms with Crippen LogP contribution in [0.2, 0.25) is 0 Å². The molecule has 0 radical (unpaired) electrons. The normalized spacial score (nSPS) is 10.5. The summed E-state index contributed by atoms with van der Waals surface area (Å²) in [6, 6.07) is 7.78. The fraction of sp³-hybridized carbons (Fsp3) is 0.353. The van der Waals surface area contributed by atoms with Crippen molar-refractivity contribution >= 4 is 17.4 Å². The minimum atomic E-state index is -0.257. The lowest BCUT2D eigenvalue weighted by Crippen LogP contribution is -2.15. The minimum absolute atomic E-state index is 0.257. The fourth-order valence-electron chi connectivity index (χ4n) is 1.86. The lowest BCUT2D eigenvalue weighted by Gasteiger charge is -2.08. The molecule has 1 heterocycles. The Morgan fingerprint density at radius 2 is 1.86 bits per heavy atom. The second-order valence-electron chi connectivity index (χ2n) is 5.57. The lowest BCUT2D eigenvalue weighted by molar-refractivity contribution is 0.102. The van der Waals surface area contributed by atoms with Crippen molar-refractivity contribution in [1.82, 2.24) is 9.97 Å². The second kappa shape index (κ2) is 7.54. The summed E-state index contributed by atoms with van der Waals surface area (Å²) in [7, 11) is 0. The first kappa shape index (κ1) is 15.9. The number of anilines is 2. The molecule has 22 heavy (non-hydrogen) atoms. The highest BCUT2D eigenvalue weighted by atomic mass is 16.1. The van der Waals surface area contributed by atoms with E-state index in [2.05, 4.69) is 41.4 Å². The third kappa shape index (κ3) is 4.55. The largest absolute Gasteiger partial charge is 0.369 e. The van der Waals surface area contributed by atoms with Gasteiger partial charge in [0, 0.05) is 12.2 Å². The number of carbonyl (C=O) groups is 1. The van der Waals surface area contributed by atoms with Gasteiger partial charge in [0.2, 0.25) is 0 Å².